The molecular formula is C12H17NO2. The first kappa shape index (κ1) is 11.7. The summed E-state index contributed by atoms with van der Waals surface area (Å²) in [5.74, 6) is -0.274. The summed E-state index contributed by atoms with van der Waals surface area (Å²) in [6, 6.07) is 3.69. The molecule has 0 radical (unpaired) electrons. The zero-order chi connectivity index (χ0) is 11.3. The van der Waals surface area contributed by atoms with Crippen molar-refractivity contribution in [1.29, 1.82) is 0 Å². The van der Waals surface area contributed by atoms with Crippen molar-refractivity contribution in [2.24, 2.45) is 0 Å². The van der Waals surface area contributed by atoms with Gasteiger partial charge in [-0.1, -0.05) is 13.8 Å². The molecule has 0 fully saturated rings. The van der Waals surface area contributed by atoms with Crippen LogP contribution in [-0.2, 0) is 17.6 Å². The Morgan fingerprint density at radius 2 is 2.00 bits per heavy atom. The van der Waals surface area contributed by atoms with Crippen molar-refractivity contribution in [2.75, 3.05) is 6.61 Å². The van der Waals surface area contributed by atoms with E-state index >= 15 is 0 Å². The lowest BCUT2D eigenvalue weighted by Crippen LogP contribution is -2.10. The molecule has 1 aromatic heterocycles. The number of esters is 1. The minimum Gasteiger partial charge on any atom is -0.462 e. The molecule has 3 nitrogen and oxygen atoms in total. The first-order valence-electron chi connectivity index (χ1n) is 5.38. The van der Waals surface area contributed by atoms with Gasteiger partial charge in [-0.3, -0.25) is 4.98 Å². The lowest BCUT2D eigenvalue weighted by molar-refractivity contribution is 0.0524. The van der Waals surface area contributed by atoms with E-state index in [1.54, 1.807) is 6.92 Å². The standard InChI is InChI=1S/C12H17NO2/c1-4-9-7-8-10(11(5-2)13-9)12(14)15-6-3/h7-8H,4-6H2,1-3H3. The van der Waals surface area contributed by atoms with Gasteiger partial charge in [-0.15, -0.1) is 0 Å². The number of aryl methyl sites for hydroxylation is 2. The van der Waals surface area contributed by atoms with Crippen LogP contribution in [0.2, 0.25) is 0 Å². The molecule has 0 aliphatic heterocycles. The predicted molar refractivity (Wildman–Crippen MR) is 58.9 cm³/mol. The van der Waals surface area contributed by atoms with E-state index in [2.05, 4.69) is 4.98 Å². The number of ether oxygens (including phenoxy) is 1. The fourth-order valence-electron chi connectivity index (χ4n) is 1.41. The van der Waals surface area contributed by atoms with E-state index in [4.69, 9.17) is 4.74 Å². The van der Waals surface area contributed by atoms with Crippen LogP contribution in [0.25, 0.3) is 0 Å². The second kappa shape index (κ2) is 5.49. The Morgan fingerprint density at radius 3 is 2.53 bits per heavy atom. The lowest BCUT2D eigenvalue weighted by Gasteiger charge is -2.07. The molecule has 0 saturated carbocycles. The number of hydrogen-bond donors (Lipinski definition) is 0. The molecule has 0 spiro atoms. The van der Waals surface area contributed by atoms with Crippen LogP contribution in [0.4, 0.5) is 0 Å². The van der Waals surface area contributed by atoms with E-state index < -0.39 is 0 Å². The van der Waals surface area contributed by atoms with Gasteiger partial charge in [0.1, 0.15) is 0 Å². The molecule has 1 heterocycles. The van der Waals surface area contributed by atoms with Crippen LogP contribution in [0.15, 0.2) is 12.1 Å². The Morgan fingerprint density at radius 1 is 1.27 bits per heavy atom. The molecule has 0 bridgehead atoms. The van der Waals surface area contributed by atoms with Crippen LogP contribution in [0, 0.1) is 0 Å². The average Bonchev–Trinajstić information content (AvgIpc) is 2.28. The number of aromatic nitrogens is 1. The van der Waals surface area contributed by atoms with Crippen LogP contribution in [-0.4, -0.2) is 17.6 Å². The Bertz CT molecular complexity index is 347. The summed E-state index contributed by atoms with van der Waals surface area (Å²) in [6.45, 7) is 6.24. The fourth-order valence-corrected chi connectivity index (χ4v) is 1.41. The molecular weight excluding hydrogens is 190 g/mol. The summed E-state index contributed by atoms with van der Waals surface area (Å²) in [4.78, 5) is 16.0. The zero-order valence-electron chi connectivity index (χ0n) is 9.54. The number of carbonyl (C=O) groups is 1. The number of hydrogen-bond acceptors (Lipinski definition) is 3. The van der Waals surface area contributed by atoms with Crippen LogP contribution in [0.1, 0.15) is 42.5 Å². The minimum absolute atomic E-state index is 0.274. The SMILES string of the molecule is CCOC(=O)c1ccc(CC)nc1CC. The highest BCUT2D eigenvalue weighted by Crippen LogP contribution is 2.11. The molecule has 0 saturated heterocycles. The first-order valence-corrected chi connectivity index (χ1v) is 5.38. The third-order valence-electron chi connectivity index (χ3n) is 2.22. The number of rotatable bonds is 4. The maximum absolute atomic E-state index is 11.6. The minimum atomic E-state index is -0.274. The molecule has 0 aromatic carbocycles. The van der Waals surface area contributed by atoms with Crippen molar-refractivity contribution < 1.29 is 9.53 Å². The van der Waals surface area contributed by atoms with Gasteiger partial charge in [-0.2, -0.15) is 0 Å². The third-order valence-corrected chi connectivity index (χ3v) is 2.22. The molecule has 0 aliphatic carbocycles. The average molecular weight is 207 g/mol. The van der Waals surface area contributed by atoms with Crippen LogP contribution in [0.5, 0.6) is 0 Å². The summed E-state index contributed by atoms with van der Waals surface area (Å²) in [5, 5.41) is 0. The van der Waals surface area contributed by atoms with Gasteiger partial charge in [0.05, 0.1) is 17.9 Å². The van der Waals surface area contributed by atoms with Crippen molar-refractivity contribution in [3.05, 3.63) is 29.1 Å². The van der Waals surface area contributed by atoms with Gasteiger partial charge in [-0.25, -0.2) is 4.79 Å². The first-order chi connectivity index (χ1) is 7.22. The van der Waals surface area contributed by atoms with E-state index in [-0.39, 0.29) is 5.97 Å². The van der Waals surface area contributed by atoms with Crippen LogP contribution in [0.3, 0.4) is 0 Å². The molecule has 1 aromatic rings. The highest BCUT2D eigenvalue weighted by atomic mass is 16.5. The summed E-state index contributed by atoms with van der Waals surface area (Å²) in [7, 11) is 0. The Kier molecular flexibility index (Phi) is 4.28. The number of nitrogens with zero attached hydrogens (tertiary/aromatic N) is 1. The molecule has 1 rings (SSSR count). The van der Waals surface area contributed by atoms with Crippen molar-refractivity contribution in [1.82, 2.24) is 4.98 Å². The highest BCUT2D eigenvalue weighted by molar-refractivity contribution is 5.90. The maximum Gasteiger partial charge on any atom is 0.339 e. The molecule has 0 amide bonds. The Balaban J connectivity index is 3.02. The van der Waals surface area contributed by atoms with Crippen molar-refractivity contribution in [3.63, 3.8) is 0 Å². The molecule has 0 aliphatic rings. The highest BCUT2D eigenvalue weighted by Gasteiger charge is 2.12. The fraction of sp³-hybridized carbons (Fsp3) is 0.500. The van der Waals surface area contributed by atoms with Gasteiger partial charge in [0.2, 0.25) is 0 Å². The van der Waals surface area contributed by atoms with Crippen LogP contribution >= 0.6 is 0 Å². The maximum atomic E-state index is 11.6. The van der Waals surface area contributed by atoms with Crippen molar-refractivity contribution in [2.45, 2.75) is 33.6 Å². The van der Waals surface area contributed by atoms with Gasteiger partial charge >= 0.3 is 5.97 Å². The third kappa shape index (κ3) is 2.78. The van der Waals surface area contributed by atoms with E-state index in [0.717, 1.165) is 24.2 Å². The molecule has 82 valence electrons. The van der Waals surface area contributed by atoms with E-state index in [9.17, 15) is 4.79 Å². The van der Waals surface area contributed by atoms with Gasteiger partial charge in [-0.05, 0) is 31.9 Å². The van der Waals surface area contributed by atoms with Crippen molar-refractivity contribution in [3.8, 4) is 0 Å². The van der Waals surface area contributed by atoms with E-state index in [0.29, 0.717) is 12.2 Å². The van der Waals surface area contributed by atoms with Crippen molar-refractivity contribution >= 4 is 5.97 Å². The molecule has 15 heavy (non-hydrogen) atoms. The summed E-state index contributed by atoms with van der Waals surface area (Å²) in [6.07, 6.45) is 1.64. The molecule has 3 heteroatoms. The summed E-state index contributed by atoms with van der Waals surface area (Å²) < 4.78 is 4.96. The van der Waals surface area contributed by atoms with Gasteiger partial charge < -0.3 is 4.74 Å². The monoisotopic (exact) mass is 207 g/mol. The van der Waals surface area contributed by atoms with Gasteiger partial charge in [0.25, 0.3) is 0 Å². The normalized spacial score (nSPS) is 10.1. The Hall–Kier alpha value is -1.38. The quantitative estimate of drug-likeness (QED) is 0.711. The topological polar surface area (TPSA) is 39.2 Å². The smallest absolute Gasteiger partial charge is 0.339 e. The largest absolute Gasteiger partial charge is 0.462 e. The van der Waals surface area contributed by atoms with E-state index in [1.807, 2.05) is 26.0 Å². The van der Waals surface area contributed by atoms with Gasteiger partial charge in [0, 0.05) is 5.69 Å². The molecule has 0 unspecified atom stereocenters. The second-order valence-corrected chi connectivity index (χ2v) is 3.22. The number of carbonyl (C=O) groups excluding carboxylic acids is 1. The summed E-state index contributed by atoms with van der Waals surface area (Å²) >= 11 is 0. The second-order valence-electron chi connectivity index (χ2n) is 3.22. The molecule has 0 N–H and O–H groups in total. The molecule has 0 atom stereocenters. The lowest BCUT2D eigenvalue weighted by atomic mass is 10.1. The van der Waals surface area contributed by atoms with Gasteiger partial charge in [0.15, 0.2) is 0 Å². The number of pyridine rings is 1. The Labute approximate surface area is 90.5 Å². The zero-order valence-corrected chi connectivity index (χ0v) is 9.54. The van der Waals surface area contributed by atoms with E-state index in [1.165, 1.54) is 0 Å². The van der Waals surface area contributed by atoms with Crippen LogP contribution < -0.4 is 0 Å². The summed E-state index contributed by atoms with van der Waals surface area (Å²) in [5.41, 5.74) is 2.43. The predicted octanol–water partition coefficient (Wildman–Crippen LogP) is 2.38.